The number of aromatic carboxylic acids is 1. The maximum atomic E-state index is 12.5. The minimum Gasteiger partial charge on any atom is -0.494 e. The molecule has 0 heterocycles. The van der Waals surface area contributed by atoms with Crippen LogP contribution in [0, 0.1) is 0 Å². The first-order chi connectivity index (χ1) is 11.8. The summed E-state index contributed by atoms with van der Waals surface area (Å²) in [5, 5.41) is 9.49. The molecule has 0 unspecified atom stereocenters. The highest BCUT2D eigenvalue weighted by Crippen LogP contribution is 2.33. The molecule has 2 rings (SSSR count). The molecule has 0 saturated carbocycles. The molecule has 7 heteroatoms. The van der Waals surface area contributed by atoms with Gasteiger partial charge in [0.25, 0.3) is 0 Å². The molecular formula is C18H14Cl2O4S. The third-order valence-electron chi connectivity index (χ3n) is 3.47. The van der Waals surface area contributed by atoms with Crippen LogP contribution in [0.2, 0.25) is 10.0 Å². The van der Waals surface area contributed by atoms with Gasteiger partial charge in [-0.2, -0.15) is 0 Å². The van der Waals surface area contributed by atoms with Crippen molar-refractivity contribution in [1.82, 2.24) is 0 Å². The fraction of sp³-hybridized carbons (Fsp3) is 0.167. The van der Waals surface area contributed by atoms with E-state index in [1.165, 1.54) is 31.4 Å². The molecule has 0 aliphatic rings. The number of halogens is 2. The van der Waals surface area contributed by atoms with Gasteiger partial charge < -0.3 is 9.84 Å². The van der Waals surface area contributed by atoms with Gasteiger partial charge in [0, 0.05) is 22.7 Å². The molecule has 1 N–H and O–H groups in total. The van der Waals surface area contributed by atoms with Crippen LogP contribution in [-0.2, 0) is 6.42 Å². The number of hydrogen-bond donors (Lipinski definition) is 1. The second-order valence-electron chi connectivity index (χ2n) is 5.29. The summed E-state index contributed by atoms with van der Waals surface area (Å²) >= 11 is 17.3. The summed E-state index contributed by atoms with van der Waals surface area (Å²) in [4.78, 5) is 23.9. The van der Waals surface area contributed by atoms with Crippen molar-refractivity contribution in [1.29, 1.82) is 0 Å². The Balaban J connectivity index is 2.10. The van der Waals surface area contributed by atoms with Crippen LogP contribution in [0.1, 0.15) is 32.7 Å². The molecule has 0 spiro atoms. The summed E-state index contributed by atoms with van der Waals surface area (Å²) in [5.41, 5.74) is 1.31. The van der Waals surface area contributed by atoms with Gasteiger partial charge in [-0.15, -0.1) is 0 Å². The zero-order valence-corrected chi connectivity index (χ0v) is 15.5. The Hall–Kier alpha value is -1.95. The zero-order valence-electron chi connectivity index (χ0n) is 13.2. The normalized spacial score (nSPS) is 10.4. The number of carbonyl (C=O) groups is 2. The summed E-state index contributed by atoms with van der Waals surface area (Å²) in [7, 11) is 1.42. The number of Topliss-reactive ketones (excluding diaryl/α,β-unsaturated/α-hetero) is 1. The van der Waals surface area contributed by atoms with Crippen LogP contribution < -0.4 is 4.74 Å². The van der Waals surface area contributed by atoms with Crippen molar-refractivity contribution >= 4 is 52.0 Å². The van der Waals surface area contributed by atoms with Gasteiger partial charge in [0.05, 0.1) is 23.3 Å². The predicted octanol–water partition coefficient (Wildman–Crippen LogP) is 4.89. The van der Waals surface area contributed by atoms with E-state index in [1.807, 2.05) is 0 Å². The van der Waals surface area contributed by atoms with Crippen LogP contribution in [-0.4, -0.2) is 28.8 Å². The maximum absolute atomic E-state index is 12.5. The monoisotopic (exact) mass is 396 g/mol. The standard InChI is InChI=1S/C18H14Cl2O4S/c1-24-17-14(7-12(19)8-15(17)20)16(21)9-13(25)6-10-2-4-11(5-3-10)18(22)23/h2-5,7-8H,6,9H2,1H3,(H,22,23). The molecule has 0 aliphatic carbocycles. The number of carbonyl (C=O) groups excluding carboxylic acids is 1. The van der Waals surface area contributed by atoms with Crippen molar-refractivity contribution in [2.45, 2.75) is 12.8 Å². The fourth-order valence-electron chi connectivity index (χ4n) is 2.30. The van der Waals surface area contributed by atoms with Crippen molar-refractivity contribution in [3.05, 3.63) is 63.1 Å². The minimum absolute atomic E-state index is 0.0308. The maximum Gasteiger partial charge on any atom is 0.335 e. The lowest BCUT2D eigenvalue weighted by Gasteiger charge is -2.11. The smallest absolute Gasteiger partial charge is 0.335 e. The number of carboxylic acids is 1. The number of ketones is 1. The number of ether oxygens (including phenoxy) is 1. The Labute approximate surface area is 160 Å². The Kier molecular flexibility index (Phi) is 6.53. The van der Waals surface area contributed by atoms with Crippen LogP contribution in [0.5, 0.6) is 5.75 Å². The first kappa shape index (κ1) is 19.4. The minimum atomic E-state index is -0.991. The lowest BCUT2D eigenvalue weighted by Crippen LogP contribution is -2.10. The molecule has 2 aromatic rings. The molecule has 0 fully saturated rings. The van der Waals surface area contributed by atoms with Gasteiger partial charge in [0.1, 0.15) is 5.75 Å². The van der Waals surface area contributed by atoms with Crippen molar-refractivity contribution < 1.29 is 19.4 Å². The molecule has 0 amide bonds. The van der Waals surface area contributed by atoms with E-state index < -0.39 is 5.97 Å². The quantitative estimate of drug-likeness (QED) is 0.533. The van der Waals surface area contributed by atoms with Gasteiger partial charge in [0.2, 0.25) is 0 Å². The van der Waals surface area contributed by atoms with E-state index in [9.17, 15) is 9.59 Å². The molecule has 25 heavy (non-hydrogen) atoms. The SMILES string of the molecule is COc1c(Cl)cc(Cl)cc1C(=O)CC(=S)Cc1ccc(C(=O)O)cc1. The highest BCUT2D eigenvalue weighted by Gasteiger charge is 2.18. The first-order valence-electron chi connectivity index (χ1n) is 7.22. The molecule has 0 aliphatic heterocycles. The van der Waals surface area contributed by atoms with Gasteiger partial charge in [-0.1, -0.05) is 47.6 Å². The number of hydrogen-bond acceptors (Lipinski definition) is 4. The lowest BCUT2D eigenvalue weighted by molar-refractivity contribution is 0.0696. The number of thiocarbonyl (C=S) groups is 1. The van der Waals surface area contributed by atoms with Crippen molar-refractivity contribution in [3.8, 4) is 5.75 Å². The second kappa shape index (κ2) is 8.43. The number of methoxy groups -OCH3 is 1. The third kappa shape index (κ3) is 5.01. The Morgan fingerprint density at radius 1 is 1.16 bits per heavy atom. The lowest BCUT2D eigenvalue weighted by atomic mass is 10.0. The average Bonchev–Trinajstić information content (AvgIpc) is 2.54. The van der Waals surface area contributed by atoms with E-state index in [-0.39, 0.29) is 34.1 Å². The topological polar surface area (TPSA) is 63.6 Å². The van der Waals surface area contributed by atoms with E-state index in [0.717, 1.165) is 5.56 Å². The van der Waals surface area contributed by atoms with Crippen LogP contribution in [0.4, 0.5) is 0 Å². The van der Waals surface area contributed by atoms with Crippen LogP contribution in [0.25, 0.3) is 0 Å². The highest BCUT2D eigenvalue weighted by molar-refractivity contribution is 7.80. The number of rotatable bonds is 7. The average molecular weight is 397 g/mol. The fourth-order valence-corrected chi connectivity index (χ4v) is 3.17. The molecule has 0 atom stereocenters. The van der Waals surface area contributed by atoms with Crippen molar-refractivity contribution in [2.24, 2.45) is 0 Å². The second-order valence-corrected chi connectivity index (χ2v) is 6.71. The number of carboxylic acid groups (broad SMARTS) is 1. The molecule has 0 bridgehead atoms. The molecular weight excluding hydrogens is 383 g/mol. The van der Waals surface area contributed by atoms with E-state index in [0.29, 0.717) is 16.3 Å². The van der Waals surface area contributed by atoms with Crippen molar-refractivity contribution in [3.63, 3.8) is 0 Å². The van der Waals surface area contributed by atoms with Crippen LogP contribution in [0.15, 0.2) is 36.4 Å². The van der Waals surface area contributed by atoms with Crippen molar-refractivity contribution in [2.75, 3.05) is 7.11 Å². The molecule has 2 aromatic carbocycles. The predicted molar refractivity (Wildman–Crippen MR) is 102 cm³/mol. The highest BCUT2D eigenvalue weighted by atomic mass is 35.5. The summed E-state index contributed by atoms with van der Waals surface area (Å²) in [6.07, 6.45) is 0.417. The zero-order chi connectivity index (χ0) is 18.6. The molecule has 0 radical (unpaired) electrons. The van der Waals surface area contributed by atoms with Crippen LogP contribution in [0.3, 0.4) is 0 Å². The van der Waals surface area contributed by atoms with E-state index >= 15 is 0 Å². The van der Waals surface area contributed by atoms with E-state index in [1.54, 1.807) is 12.1 Å². The largest absolute Gasteiger partial charge is 0.494 e. The van der Waals surface area contributed by atoms with Gasteiger partial charge in [-0.05, 0) is 29.8 Å². The van der Waals surface area contributed by atoms with E-state index in [4.69, 9.17) is 45.3 Å². The molecule has 4 nitrogen and oxygen atoms in total. The Morgan fingerprint density at radius 3 is 2.36 bits per heavy atom. The van der Waals surface area contributed by atoms with Gasteiger partial charge in [0.15, 0.2) is 5.78 Å². The molecule has 130 valence electrons. The summed E-state index contributed by atoms with van der Waals surface area (Å²) in [6, 6.07) is 9.36. The Bertz CT molecular complexity index is 832. The number of benzene rings is 2. The first-order valence-corrected chi connectivity index (χ1v) is 8.38. The van der Waals surface area contributed by atoms with E-state index in [2.05, 4.69) is 0 Å². The van der Waals surface area contributed by atoms with Gasteiger partial charge in [-0.3, -0.25) is 4.79 Å². The van der Waals surface area contributed by atoms with Crippen LogP contribution >= 0.6 is 35.4 Å². The van der Waals surface area contributed by atoms with Gasteiger partial charge >= 0.3 is 5.97 Å². The summed E-state index contributed by atoms with van der Waals surface area (Å²) in [5.74, 6) is -0.965. The molecule has 0 aromatic heterocycles. The third-order valence-corrected chi connectivity index (χ3v) is 4.26. The summed E-state index contributed by atoms with van der Waals surface area (Å²) in [6.45, 7) is 0. The summed E-state index contributed by atoms with van der Waals surface area (Å²) < 4.78 is 5.18. The molecule has 0 saturated heterocycles. The van der Waals surface area contributed by atoms with Gasteiger partial charge in [-0.25, -0.2) is 4.79 Å². The Morgan fingerprint density at radius 2 is 1.80 bits per heavy atom.